The van der Waals surface area contributed by atoms with Crippen LogP contribution in [0.5, 0.6) is 0 Å². The molecule has 2 aromatic carbocycles. The lowest BCUT2D eigenvalue weighted by Crippen LogP contribution is -2.42. The molecule has 0 saturated carbocycles. The Bertz CT molecular complexity index is 887. The van der Waals surface area contributed by atoms with Crippen molar-refractivity contribution in [2.45, 2.75) is 32.4 Å². The Balaban J connectivity index is 2.10. The van der Waals surface area contributed by atoms with Gasteiger partial charge < -0.3 is 10.1 Å². The van der Waals surface area contributed by atoms with Crippen molar-refractivity contribution in [1.82, 2.24) is 5.32 Å². The summed E-state index contributed by atoms with van der Waals surface area (Å²) in [6.07, 6.45) is 1.64. The van der Waals surface area contributed by atoms with Gasteiger partial charge in [0.2, 0.25) is 0 Å². The molecule has 1 amide bonds. The number of amides is 1. The van der Waals surface area contributed by atoms with Crippen LogP contribution in [0.3, 0.4) is 0 Å². The Morgan fingerprint density at radius 2 is 1.93 bits per heavy atom. The van der Waals surface area contributed by atoms with Crippen LogP contribution in [0.25, 0.3) is 0 Å². The zero-order valence-electron chi connectivity index (χ0n) is 16.6. The number of hydrogen-bond donors (Lipinski definition) is 1. The van der Waals surface area contributed by atoms with E-state index in [-0.39, 0.29) is 11.6 Å². The highest BCUT2D eigenvalue weighted by atomic mass is 32.2. The van der Waals surface area contributed by atoms with Crippen LogP contribution in [0, 0.1) is 17.0 Å². The molecule has 0 aromatic heterocycles. The molecule has 29 heavy (non-hydrogen) atoms. The van der Waals surface area contributed by atoms with Gasteiger partial charge in [-0.05, 0) is 50.0 Å². The van der Waals surface area contributed by atoms with Gasteiger partial charge in [-0.25, -0.2) is 4.79 Å². The molecule has 0 fully saturated rings. The standard InChI is InChI=1S/C21H24N2O5S/c1-14-6-4-8-17(12-14)20(24)22-19(10-11-29-3)21(25)28-15(2)16-7-5-9-18(13-16)23(26)27/h4-9,12-13,15,19H,10-11H2,1-3H3,(H,22,24)/t15-,19+/m1/s1. The summed E-state index contributed by atoms with van der Waals surface area (Å²) in [5.74, 6) is -0.252. The molecule has 2 atom stereocenters. The Kier molecular flexibility index (Phi) is 8.21. The molecular formula is C21H24N2O5S. The van der Waals surface area contributed by atoms with Gasteiger partial charge in [0.25, 0.3) is 11.6 Å². The maximum atomic E-state index is 12.7. The second kappa shape index (κ2) is 10.6. The van der Waals surface area contributed by atoms with E-state index in [1.807, 2.05) is 19.2 Å². The van der Waals surface area contributed by atoms with E-state index < -0.39 is 23.0 Å². The van der Waals surface area contributed by atoms with Crippen LogP contribution in [0.2, 0.25) is 0 Å². The Labute approximate surface area is 174 Å². The molecule has 0 heterocycles. The van der Waals surface area contributed by atoms with Crippen molar-refractivity contribution in [3.05, 3.63) is 75.3 Å². The predicted octanol–water partition coefficient (Wildman–Crippen LogP) is 4.06. The number of nitro groups is 1. The summed E-state index contributed by atoms with van der Waals surface area (Å²) in [4.78, 5) is 35.7. The first kappa shape index (κ1) is 22.4. The molecule has 0 aliphatic rings. The molecule has 2 rings (SSSR count). The maximum absolute atomic E-state index is 12.7. The maximum Gasteiger partial charge on any atom is 0.329 e. The summed E-state index contributed by atoms with van der Waals surface area (Å²) in [6, 6.07) is 12.2. The molecular weight excluding hydrogens is 392 g/mol. The molecule has 8 heteroatoms. The number of ether oxygens (including phenoxy) is 1. The molecule has 0 spiro atoms. The quantitative estimate of drug-likeness (QED) is 0.376. The third-order valence-electron chi connectivity index (χ3n) is 4.32. The van der Waals surface area contributed by atoms with Crippen molar-refractivity contribution in [2.24, 2.45) is 0 Å². The zero-order chi connectivity index (χ0) is 21.4. The van der Waals surface area contributed by atoms with E-state index in [2.05, 4.69) is 5.32 Å². The van der Waals surface area contributed by atoms with Crippen molar-refractivity contribution in [2.75, 3.05) is 12.0 Å². The number of carbonyl (C=O) groups excluding carboxylic acids is 2. The van der Waals surface area contributed by atoms with Crippen LogP contribution < -0.4 is 5.32 Å². The average Bonchev–Trinajstić information content (AvgIpc) is 2.70. The number of esters is 1. The first-order chi connectivity index (χ1) is 13.8. The van der Waals surface area contributed by atoms with Crippen molar-refractivity contribution >= 4 is 29.3 Å². The summed E-state index contributed by atoms with van der Waals surface area (Å²) in [5.41, 5.74) is 1.86. The summed E-state index contributed by atoms with van der Waals surface area (Å²) in [7, 11) is 0. The molecule has 0 radical (unpaired) electrons. The molecule has 0 saturated heterocycles. The Morgan fingerprint density at radius 3 is 2.59 bits per heavy atom. The van der Waals surface area contributed by atoms with Gasteiger partial charge in [0.1, 0.15) is 12.1 Å². The zero-order valence-corrected chi connectivity index (χ0v) is 17.4. The van der Waals surface area contributed by atoms with Crippen LogP contribution in [0.15, 0.2) is 48.5 Å². The fourth-order valence-corrected chi connectivity index (χ4v) is 3.20. The number of rotatable bonds is 9. The second-order valence-corrected chi connectivity index (χ2v) is 7.59. The van der Waals surface area contributed by atoms with Gasteiger partial charge in [-0.1, -0.05) is 29.8 Å². The van der Waals surface area contributed by atoms with Crippen LogP contribution >= 0.6 is 11.8 Å². The minimum atomic E-state index is -0.809. The SMILES string of the molecule is CSCC[C@H](NC(=O)c1cccc(C)c1)C(=O)O[C@H](C)c1cccc([N+](=O)[O-])c1. The fraction of sp³-hybridized carbons (Fsp3) is 0.333. The minimum Gasteiger partial charge on any atom is -0.456 e. The van der Waals surface area contributed by atoms with Crippen molar-refractivity contribution in [3.63, 3.8) is 0 Å². The van der Waals surface area contributed by atoms with Crippen LogP contribution in [0.4, 0.5) is 5.69 Å². The molecule has 154 valence electrons. The van der Waals surface area contributed by atoms with E-state index >= 15 is 0 Å². The van der Waals surface area contributed by atoms with Crippen LogP contribution in [-0.2, 0) is 9.53 Å². The van der Waals surface area contributed by atoms with Gasteiger partial charge in [0.15, 0.2) is 0 Å². The average molecular weight is 416 g/mol. The minimum absolute atomic E-state index is 0.0721. The van der Waals surface area contributed by atoms with Gasteiger partial charge in [-0.2, -0.15) is 11.8 Å². The molecule has 0 aliphatic heterocycles. The third kappa shape index (κ3) is 6.60. The third-order valence-corrected chi connectivity index (χ3v) is 4.97. The van der Waals surface area contributed by atoms with E-state index in [9.17, 15) is 19.7 Å². The lowest BCUT2D eigenvalue weighted by molar-refractivity contribution is -0.385. The predicted molar refractivity (Wildman–Crippen MR) is 113 cm³/mol. The molecule has 0 bridgehead atoms. The van der Waals surface area contributed by atoms with Gasteiger partial charge >= 0.3 is 5.97 Å². The number of hydrogen-bond acceptors (Lipinski definition) is 6. The molecule has 0 aliphatic carbocycles. The lowest BCUT2D eigenvalue weighted by Gasteiger charge is -2.21. The largest absolute Gasteiger partial charge is 0.456 e. The van der Waals surface area contributed by atoms with Crippen molar-refractivity contribution in [1.29, 1.82) is 0 Å². The Morgan fingerprint density at radius 1 is 1.21 bits per heavy atom. The number of non-ortho nitro benzene ring substituents is 1. The lowest BCUT2D eigenvalue weighted by atomic mass is 10.1. The van der Waals surface area contributed by atoms with E-state index in [1.165, 1.54) is 12.1 Å². The number of nitrogens with one attached hydrogen (secondary N) is 1. The van der Waals surface area contributed by atoms with Gasteiger partial charge in [0.05, 0.1) is 4.92 Å². The highest BCUT2D eigenvalue weighted by molar-refractivity contribution is 7.98. The van der Waals surface area contributed by atoms with Crippen molar-refractivity contribution in [3.8, 4) is 0 Å². The van der Waals surface area contributed by atoms with Crippen LogP contribution in [-0.4, -0.2) is 34.9 Å². The smallest absolute Gasteiger partial charge is 0.329 e. The van der Waals surface area contributed by atoms with Gasteiger partial charge in [-0.15, -0.1) is 0 Å². The van der Waals surface area contributed by atoms with E-state index in [0.29, 0.717) is 23.3 Å². The fourth-order valence-electron chi connectivity index (χ4n) is 2.73. The molecule has 0 unspecified atom stereocenters. The number of benzene rings is 2. The highest BCUT2D eigenvalue weighted by Crippen LogP contribution is 2.22. The highest BCUT2D eigenvalue weighted by Gasteiger charge is 2.25. The summed E-state index contributed by atoms with van der Waals surface area (Å²) < 4.78 is 5.51. The number of aryl methyl sites for hydroxylation is 1. The van der Waals surface area contributed by atoms with Crippen LogP contribution in [0.1, 0.15) is 40.9 Å². The normalized spacial score (nSPS) is 12.7. The van der Waals surface area contributed by atoms with Crippen molar-refractivity contribution < 1.29 is 19.2 Å². The summed E-state index contributed by atoms with van der Waals surface area (Å²) in [6.45, 7) is 3.53. The first-order valence-corrected chi connectivity index (χ1v) is 10.5. The topological polar surface area (TPSA) is 98.5 Å². The first-order valence-electron chi connectivity index (χ1n) is 9.13. The number of carbonyl (C=O) groups is 2. The summed E-state index contributed by atoms with van der Waals surface area (Å²) in [5, 5.41) is 13.7. The number of nitrogens with zero attached hydrogens (tertiary/aromatic N) is 1. The molecule has 1 N–H and O–H groups in total. The van der Waals surface area contributed by atoms with Gasteiger partial charge in [-0.3, -0.25) is 14.9 Å². The molecule has 2 aromatic rings. The van der Waals surface area contributed by atoms with E-state index in [1.54, 1.807) is 49.0 Å². The Hall–Kier alpha value is -2.87. The van der Waals surface area contributed by atoms with Gasteiger partial charge in [0, 0.05) is 17.7 Å². The monoisotopic (exact) mass is 416 g/mol. The number of nitro benzene ring substituents is 1. The molecule has 7 nitrogen and oxygen atoms in total. The van der Waals surface area contributed by atoms with E-state index in [0.717, 1.165) is 5.56 Å². The second-order valence-electron chi connectivity index (χ2n) is 6.61. The summed E-state index contributed by atoms with van der Waals surface area (Å²) >= 11 is 1.56. The number of thioether (sulfide) groups is 1. The van der Waals surface area contributed by atoms with E-state index in [4.69, 9.17) is 4.74 Å².